The maximum absolute atomic E-state index is 12.4. The lowest BCUT2D eigenvalue weighted by Gasteiger charge is -2.14. The van der Waals surface area contributed by atoms with Crippen molar-refractivity contribution in [3.63, 3.8) is 0 Å². The summed E-state index contributed by atoms with van der Waals surface area (Å²) in [6.07, 6.45) is 2.92. The second-order valence-corrected chi connectivity index (χ2v) is 6.49. The molecule has 0 spiro atoms. The molecule has 0 bridgehead atoms. The molecule has 4 N–H and O–H groups in total. The molecule has 1 aromatic heterocycles. The molecule has 0 saturated heterocycles. The Labute approximate surface area is 164 Å². The van der Waals surface area contributed by atoms with E-state index in [-0.39, 0.29) is 5.97 Å². The molecule has 6 heteroatoms. The molecule has 0 aliphatic heterocycles. The van der Waals surface area contributed by atoms with E-state index >= 15 is 0 Å². The van der Waals surface area contributed by atoms with Gasteiger partial charge in [0.1, 0.15) is 0 Å². The maximum atomic E-state index is 12.4. The summed E-state index contributed by atoms with van der Waals surface area (Å²) in [5, 5.41) is 13.6. The standard InChI is InChI=1S/C22H25N3O3/c1-2-28-22(27)19-15-25(14-18(19)16-8-4-3-5-9-16)13-17(26)12-24-21-11-7-6-10-20(21)23/h3-11,14-15,17,24,26H,2,12-13,23H2,1H3. The van der Waals surface area contributed by atoms with E-state index in [0.717, 1.165) is 16.8 Å². The largest absolute Gasteiger partial charge is 0.462 e. The zero-order chi connectivity index (χ0) is 19.9. The van der Waals surface area contributed by atoms with Gasteiger partial charge in [-0.25, -0.2) is 4.79 Å². The maximum Gasteiger partial charge on any atom is 0.340 e. The summed E-state index contributed by atoms with van der Waals surface area (Å²) in [6.45, 7) is 2.76. The van der Waals surface area contributed by atoms with E-state index in [0.29, 0.717) is 30.9 Å². The first kappa shape index (κ1) is 19.5. The van der Waals surface area contributed by atoms with Crippen LogP contribution in [0.3, 0.4) is 0 Å². The van der Waals surface area contributed by atoms with Gasteiger partial charge in [-0.2, -0.15) is 0 Å². The van der Waals surface area contributed by atoms with Crippen molar-refractivity contribution in [1.29, 1.82) is 0 Å². The summed E-state index contributed by atoms with van der Waals surface area (Å²) < 4.78 is 7.00. The van der Waals surface area contributed by atoms with E-state index in [1.807, 2.05) is 59.3 Å². The molecule has 6 nitrogen and oxygen atoms in total. The molecule has 0 aliphatic rings. The number of nitrogens with zero attached hydrogens (tertiary/aromatic N) is 1. The van der Waals surface area contributed by atoms with Crippen molar-refractivity contribution in [3.05, 3.63) is 72.6 Å². The minimum atomic E-state index is -0.661. The summed E-state index contributed by atoms with van der Waals surface area (Å²) in [7, 11) is 0. The minimum Gasteiger partial charge on any atom is -0.462 e. The van der Waals surface area contributed by atoms with E-state index < -0.39 is 6.10 Å². The van der Waals surface area contributed by atoms with E-state index in [2.05, 4.69) is 5.32 Å². The molecule has 0 fully saturated rings. The molecule has 1 heterocycles. The lowest BCUT2D eigenvalue weighted by atomic mass is 10.1. The first-order chi connectivity index (χ1) is 13.6. The molecular formula is C22H25N3O3. The van der Waals surface area contributed by atoms with Crippen molar-refractivity contribution in [2.45, 2.75) is 19.6 Å². The predicted octanol–water partition coefficient (Wildman–Crippen LogP) is 3.39. The number of hydrogen-bond acceptors (Lipinski definition) is 5. The van der Waals surface area contributed by atoms with Gasteiger partial charge in [0.15, 0.2) is 0 Å². The van der Waals surface area contributed by atoms with Gasteiger partial charge in [0.25, 0.3) is 0 Å². The summed E-state index contributed by atoms with van der Waals surface area (Å²) in [5.74, 6) is -0.371. The van der Waals surface area contributed by atoms with E-state index in [4.69, 9.17) is 10.5 Å². The Hall–Kier alpha value is -3.25. The Kier molecular flexibility index (Phi) is 6.34. The molecule has 146 valence electrons. The van der Waals surface area contributed by atoms with Gasteiger partial charge in [-0.3, -0.25) is 0 Å². The molecule has 3 rings (SSSR count). The van der Waals surface area contributed by atoms with Crippen molar-refractivity contribution in [1.82, 2.24) is 4.57 Å². The number of nitrogen functional groups attached to an aromatic ring is 1. The number of nitrogens with one attached hydrogen (secondary N) is 1. The monoisotopic (exact) mass is 379 g/mol. The van der Waals surface area contributed by atoms with Crippen molar-refractivity contribution >= 4 is 17.3 Å². The fraction of sp³-hybridized carbons (Fsp3) is 0.227. The molecule has 2 aromatic carbocycles. The van der Waals surface area contributed by atoms with Crippen LogP contribution in [0, 0.1) is 0 Å². The molecule has 0 saturated carbocycles. The third-order valence-corrected chi connectivity index (χ3v) is 4.37. The van der Waals surface area contributed by atoms with Crippen molar-refractivity contribution in [2.24, 2.45) is 0 Å². The second-order valence-electron chi connectivity index (χ2n) is 6.49. The Morgan fingerprint density at radius 2 is 1.86 bits per heavy atom. The number of anilines is 2. The van der Waals surface area contributed by atoms with Crippen LogP contribution >= 0.6 is 0 Å². The number of rotatable bonds is 8. The van der Waals surface area contributed by atoms with Crippen LogP contribution in [0.25, 0.3) is 11.1 Å². The highest BCUT2D eigenvalue weighted by Gasteiger charge is 2.18. The third-order valence-electron chi connectivity index (χ3n) is 4.37. The topological polar surface area (TPSA) is 89.5 Å². The molecular weight excluding hydrogens is 354 g/mol. The number of carbonyl (C=O) groups excluding carboxylic acids is 1. The first-order valence-corrected chi connectivity index (χ1v) is 9.27. The van der Waals surface area contributed by atoms with Crippen LogP contribution in [0.15, 0.2) is 67.0 Å². The zero-order valence-electron chi connectivity index (χ0n) is 15.8. The van der Waals surface area contributed by atoms with Crippen molar-refractivity contribution in [3.8, 4) is 11.1 Å². The van der Waals surface area contributed by atoms with Crippen LogP contribution in [0.5, 0.6) is 0 Å². The van der Waals surface area contributed by atoms with Crippen LogP contribution in [0.1, 0.15) is 17.3 Å². The summed E-state index contributed by atoms with van der Waals surface area (Å²) in [4.78, 5) is 12.4. The Morgan fingerprint density at radius 1 is 1.14 bits per heavy atom. The van der Waals surface area contributed by atoms with Crippen LogP contribution in [0.4, 0.5) is 11.4 Å². The lowest BCUT2D eigenvalue weighted by molar-refractivity contribution is 0.0527. The highest BCUT2D eigenvalue weighted by atomic mass is 16.5. The first-order valence-electron chi connectivity index (χ1n) is 9.27. The number of para-hydroxylation sites is 2. The number of benzene rings is 2. The number of aliphatic hydroxyl groups is 1. The normalized spacial score (nSPS) is 11.8. The quantitative estimate of drug-likeness (QED) is 0.412. The average molecular weight is 379 g/mol. The van der Waals surface area contributed by atoms with E-state index in [1.54, 1.807) is 19.2 Å². The van der Waals surface area contributed by atoms with Crippen molar-refractivity contribution in [2.75, 3.05) is 24.2 Å². The SMILES string of the molecule is CCOC(=O)c1cn(CC(O)CNc2ccccc2N)cc1-c1ccccc1. The van der Waals surface area contributed by atoms with E-state index in [1.165, 1.54) is 0 Å². The second kappa shape index (κ2) is 9.10. The number of aromatic nitrogens is 1. The van der Waals surface area contributed by atoms with Crippen molar-refractivity contribution < 1.29 is 14.6 Å². The molecule has 3 aromatic rings. The van der Waals surface area contributed by atoms with Gasteiger partial charge in [-0.05, 0) is 24.6 Å². The fourth-order valence-electron chi connectivity index (χ4n) is 3.03. The lowest BCUT2D eigenvalue weighted by Crippen LogP contribution is -2.24. The molecule has 28 heavy (non-hydrogen) atoms. The minimum absolute atomic E-state index is 0.309. The third kappa shape index (κ3) is 4.72. The molecule has 1 atom stereocenters. The number of carbonyl (C=O) groups is 1. The van der Waals surface area contributed by atoms with Crippen LogP contribution in [0.2, 0.25) is 0 Å². The molecule has 0 amide bonds. The summed E-state index contributed by atoms with van der Waals surface area (Å²) in [5.41, 5.74) is 9.52. The average Bonchev–Trinajstić information content (AvgIpc) is 3.12. The highest BCUT2D eigenvalue weighted by Crippen LogP contribution is 2.26. The van der Waals surface area contributed by atoms with Gasteiger partial charge in [0.05, 0.1) is 29.6 Å². The number of esters is 1. The Balaban J connectivity index is 1.74. The van der Waals surface area contributed by atoms with Gasteiger partial charge < -0.3 is 25.5 Å². The Morgan fingerprint density at radius 3 is 2.57 bits per heavy atom. The predicted molar refractivity (Wildman–Crippen MR) is 111 cm³/mol. The van der Waals surface area contributed by atoms with Gasteiger partial charge >= 0.3 is 5.97 Å². The number of ether oxygens (including phenoxy) is 1. The van der Waals surface area contributed by atoms with Crippen LogP contribution in [-0.4, -0.2) is 34.9 Å². The summed E-state index contributed by atoms with van der Waals surface area (Å²) >= 11 is 0. The van der Waals surface area contributed by atoms with Crippen LogP contribution in [-0.2, 0) is 11.3 Å². The highest BCUT2D eigenvalue weighted by molar-refractivity contribution is 5.97. The van der Waals surface area contributed by atoms with Gasteiger partial charge in [0, 0.05) is 31.0 Å². The van der Waals surface area contributed by atoms with E-state index in [9.17, 15) is 9.90 Å². The smallest absolute Gasteiger partial charge is 0.340 e. The summed E-state index contributed by atoms with van der Waals surface area (Å²) in [6, 6.07) is 17.1. The van der Waals surface area contributed by atoms with Gasteiger partial charge in [0.2, 0.25) is 0 Å². The molecule has 0 radical (unpaired) electrons. The number of nitrogens with two attached hydrogens (primary N) is 1. The number of aliphatic hydroxyl groups excluding tert-OH is 1. The van der Waals surface area contributed by atoms with Gasteiger partial charge in [-0.15, -0.1) is 0 Å². The van der Waals surface area contributed by atoms with Gasteiger partial charge in [-0.1, -0.05) is 42.5 Å². The molecule has 0 aliphatic carbocycles. The Bertz CT molecular complexity index is 922. The zero-order valence-corrected chi connectivity index (χ0v) is 15.8. The van der Waals surface area contributed by atoms with Crippen LogP contribution < -0.4 is 11.1 Å². The molecule has 1 unspecified atom stereocenters. The number of hydrogen-bond donors (Lipinski definition) is 3. The fourth-order valence-corrected chi connectivity index (χ4v) is 3.03.